The second kappa shape index (κ2) is 6.09. The number of hydrogen-bond donors (Lipinski definition) is 2. The van der Waals surface area contributed by atoms with Crippen LogP contribution in [0, 0.1) is 0 Å². The van der Waals surface area contributed by atoms with Crippen molar-refractivity contribution >= 4 is 23.1 Å². The number of nitrogens with one attached hydrogen (secondary N) is 1. The van der Waals surface area contributed by atoms with Gasteiger partial charge in [0.05, 0.1) is 6.20 Å². The molecule has 6 heteroatoms. The van der Waals surface area contributed by atoms with E-state index in [0.29, 0.717) is 11.5 Å². The first-order valence-electron chi connectivity index (χ1n) is 7.76. The van der Waals surface area contributed by atoms with Crippen LogP contribution in [0.1, 0.15) is 10.4 Å². The van der Waals surface area contributed by atoms with Gasteiger partial charge in [0.25, 0.3) is 5.91 Å². The monoisotopic (exact) mass is 329 g/mol. The van der Waals surface area contributed by atoms with Crippen molar-refractivity contribution in [3.05, 3.63) is 78.9 Å². The molecule has 4 rings (SSSR count). The Hall–Kier alpha value is -3.67. The molecule has 2 heterocycles. The molecule has 0 atom stereocenters. The van der Waals surface area contributed by atoms with E-state index in [1.807, 2.05) is 36.4 Å². The number of fused-ring (bicyclic) bond motifs is 1. The molecule has 0 aliphatic carbocycles. The van der Waals surface area contributed by atoms with Crippen LogP contribution in [0.2, 0.25) is 0 Å². The molecule has 0 bridgehead atoms. The maximum absolute atomic E-state index is 11.5. The maximum atomic E-state index is 11.5. The molecule has 0 unspecified atom stereocenters. The van der Waals surface area contributed by atoms with E-state index < -0.39 is 5.91 Å². The van der Waals surface area contributed by atoms with E-state index in [9.17, 15) is 4.79 Å². The highest BCUT2D eigenvalue weighted by atomic mass is 16.1. The lowest BCUT2D eigenvalue weighted by molar-refractivity contribution is 0.100. The van der Waals surface area contributed by atoms with Gasteiger partial charge in [0.2, 0.25) is 0 Å². The summed E-state index contributed by atoms with van der Waals surface area (Å²) in [5, 5.41) is 3.26. The van der Waals surface area contributed by atoms with Crippen LogP contribution >= 0.6 is 0 Å². The second-order valence-electron chi connectivity index (χ2n) is 5.60. The standard InChI is InChI=1S/C19H15N5O/c20-18(25)16-10-21-12-24-11-17(23-19(16)24)22-15-8-4-7-14(9-15)13-5-2-1-3-6-13/h1-12,22H,(H2,20,25). The Bertz CT molecular complexity index is 1060. The minimum Gasteiger partial charge on any atom is -0.365 e. The Morgan fingerprint density at radius 2 is 1.84 bits per heavy atom. The lowest BCUT2D eigenvalue weighted by Crippen LogP contribution is -2.13. The van der Waals surface area contributed by atoms with E-state index in [4.69, 9.17) is 5.73 Å². The van der Waals surface area contributed by atoms with Gasteiger partial charge in [0.1, 0.15) is 17.7 Å². The van der Waals surface area contributed by atoms with Crippen molar-refractivity contribution in [3.63, 3.8) is 0 Å². The Morgan fingerprint density at radius 1 is 1.04 bits per heavy atom. The number of amides is 1. The van der Waals surface area contributed by atoms with Gasteiger partial charge >= 0.3 is 0 Å². The molecule has 0 spiro atoms. The zero-order chi connectivity index (χ0) is 17.2. The van der Waals surface area contributed by atoms with Gasteiger partial charge in [-0.2, -0.15) is 0 Å². The van der Waals surface area contributed by atoms with Gasteiger partial charge in [-0.15, -0.1) is 0 Å². The topological polar surface area (TPSA) is 85.3 Å². The maximum Gasteiger partial charge on any atom is 0.254 e. The fraction of sp³-hybridized carbons (Fsp3) is 0. The average molecular weight is 329 g/mol. The molecule has 122 valence electrons. The van der Waals surface area contributed by atoms with Crippen molar-refractivity contribution in [2.45, 2.75) is 0 Å². The molecule has 0 aliphatic heterocycles. The van der Waals surface area contributed by atoms with Gasteiger partial charge in [0, 0.05) is 11.9 Å². The molecule has 4 aromatic rings. The van der Waals surface area contributed by atoms with Crippen LogP contribution in [0.15, 0.2) is 73.3 Å². The summed E-state index contributed by atoms with van der Waals surface area (Å²) in [6, 6.07) is 18.2. The number of nitrogens with zero attached hydrogens (tertiary/aromatic N) is 3. The summed E-state index contributed by atoms with van der Waals surface area (Å²) in [4.78, 5) is 19.9. The summed E-state index contributed by atoms with van der Waals surface area (Å²) in [5.41, 5.74) is 9.28. The van der Waals surface area contributed by atoms with Crippen molar-refractivity contribution in [1.29, 1.82) is 0 Å². The molecule has 6 nitrogen and oxygen atoms in total. The second-order valence-corrected chi connectivity index (χ2v) is 5.60. The molecule has 3 N–H and O–H groups in total. The number of primary amides is 1. The van der Waals surface area contributed by atoms with Crippen LogP contribution in [0.5, 0.6) is 0 Å². The van der Waals surface area contributed by atoms with Crippen LogP contribution < -0.4 is 11.1 Å². The highest BCUT2D eigenvalue weighted by Gasteiger charge is 2.11. The first kappa shape index (κ1) is 14.9. The molecule has 0 saturated heterocycles. The molecule has 0 saturated carbocycles. The molecule has 1 amide bonds. The SMILES string of the molecule is NC(=O)c1cncn2cc(Nc3cccc(-c4ccccc4)c3)nc12. The van der Waals surface area contributed by atoms with E-state index in [1.54, 1.807) is 16.9 Å². The van der Waals surface area contributed by atoms with Crippen LogP contribution in [0.3, 0.4) is 0 Å². The smallest absolute Gasteiger partial charge is 0.254 e. The van der Waals surface area contributed by atoms with Crippen molar-refractivity contribution in [1.82, 2.24) is 14.4 Å². The molecule has 2 aromatic heterocycles. The minimum atomic E-state index is -0.554. The number of aromatic nitrogens is 3. The normalized spacial score (nSPS) is 10.7. The average Bonchev–Trinajstić information content (AvgIpc) is 3.04. The van der Waals surface area contributed by atoms with Crippen molar-refractivity contribution < 1.29 is 4.79 Å². The van der Waals surface area contributed by atoms with Gasteiger partial charge in [-0.3, -0.25) is 9.20 Å². The molecular formula is C19H15N5O. The Kier molecular flexibility index (Phi) is 3.63. The molecule has 0 radical (unpaired) electrons. The number of carbonyl (C=O) groups excluding carboxylic acids is 1. The van der Waals surface area contributed by atoms with Crippen molar-refractivity contribution in [2.24, 2.45) is 5.73 Å². The fourth-order valence-corrected chi connectivity index (χ4v) is 2.71. The fourth-order valence-electron chi connectivity index (χ4n) is 2.71. The predicted molar refractivity (Wildman–Crippen MR) is 96.7 cm³/mol. The summed E-state index contributed by atoms with van der Waals surface area (Å²) in [6.07, 6.45) is 4.77. The van der Waals surface area contributed by atoms with Crippen LogP contribution in [0.25, 0.3) is 16.8 Å². The number of anilines is 2. The summed E-state index contributed by atoms with van der Waals surface area (Å²) in [7, 11) is 0. The molecular weight excluding hydrogens is 314 g/mol. The quantitative estimate of drug-likeness (QED) is 0.602. The van der Waals surface area contributed by atoms with Gasteiger partial charge < -0.3 is 11.1 Å². The molecule has 25 heavy (non-hydrogen) atoms. The number of hydrogen-bond acceptors (Lipinski definition) is 4. The zero-order valence-corrected chi connectivity index (χ0v) is 13.3. The van der Waals surface area contributed by atoms with Gasteiger partial charge in [-0.1, -0.05) is 42.5 Å². The van der Waals surface area contributed by atoms with E-state index >= 15 is 0 Å². The molecule has 0 aliphatic rings. The first-order chi connectivity index (χ1) is 12.2. The summed E-state index contributed by atoms with van der Waals surface area (Å²) >= 11 is 0. The third-order valence-electron chi connectivity index (χ3n) is 3.88. The van der Waals surface area contributed by atoms with E-state index in [0.717, 1.165) is 16.8 Å². The largest absolute Gasteiger partial charge is 0.365 e. The van der Waals surface area contributed by atoms with Gasteiger partial charge in [-0.05, 0) is 23.3 Å². The van der Waals surface area contributed by atoms with Crippen LogP contribution in [0.4, 0.5) is 11.5 Å². The highest BCUT2D eigenvalue weighted by molar-refractivity contribution is 5.98. The molecule has 2 aromatic carbocycles. The molecule has 0 fully saturated rings. The Morgan fingerprint density at radius 3 is 2.64 bits per heavy atom. The van der Waals surface area contributed by atoms with Crippen molar-refractivity contribution in [2.75, 3.05) is 5.32 Å². The Labute approximate surface area is 144 Å². The van der Waals surface area contributed by atoms with Crippen molar-refractivity contribution in [3.8, 4) is 11.1 Å². The number of benzene rings is 2. The lowest BCUT2D eigenvalue weighted by atomic mass is 10.1. The summed E-state index contributed by atoms with van der Waals surface area (Å²) < 4.78 is 1.67. The number of imidazole rings is 1. The van der Waals surface area contributed by atoms with Crippen LogP contribution in [-0.4, -0.2) is 20.3 Å². The van der Waals surface area contributed by atoms with Gasteiger partial charge in [-0.25, -0.2) is 9.97 Å². The van der Waals surface area contributed by atoms with E-state index in [-0.39, 0.29) is 5.56 Å². The van der Waals surface area contributed by atoms with E-state index in [2.05, 4.69) is 33.5 Å². The number of rotatable bonds is 4. The van der Waals surface area contributed by atoms with Crippen LogP contribution in [-0.2, 0) is 0 Å². The highest BCUT2D eigenvalue weighted by Crippen LogP contribution is 2.24. The number of nitrogens with two attached hydrogens (primary N) is 1. The lowest BCUT2D eigenvalue weighted by Gasteiger charge is -2.06. The van der Waals surface area contributed by atoms with Gasteiger partial charge in [0.15, 0.2) is 5.65 Å². The number of carbonyl (C=O) groups is 1. The summed E-state index contributed by atoms with van der Waals surface area (Å²) in [6.45, 7) is 0. The predicted octanol–water partition coefficient (Wildman–Crippen LogP) is 3.24. The minimum absolute atomic E-state index is 0.286. The first-order valence-corrected chi connectivity index (χ1v) is 7.76. The van der Waals surface area contributed by atoms with E-state index in [1.165, 1.54) is 6.20 Å². The Balaban J connectivity index is 1.68. The zero-order valence-electron chi connectivity index (χ0n) is 13.3. The third-order valence-corrected chi connectivity index (χ3v) is 3.88. The third kappa shape index (κ3) is 2.92. The summed E-state index contributed by atoms with van der Waals surface area (Å²) in [5.74, 6) is 0.0574.